The van der Waals surface area contributed by atoms with Crippen molar-refractivity contribution < 1.29 is 18.6 Å². The molecule has 0 aliphatic carbocycles. The van der Waals surface area contributed by atoms with Crippen molar-refractivity contribution in [2.24, 2.45) is 0 Å². The Hall–Kier alpha value is -1.52. The van der Waals surface area contributed by atoms with Crippen LogP contribution in [0.25, 0.3) is 5.52 Å². The fourth-order valence-electron chi connectivity index (χ4n) is 4.28. The van der Waals surface area contributed by atoms with E-state index < -0.39 is 19.7 Å². The van der Waals surface area contributed by atoms with Crippen LogP contribution in [0.4, 0.5) is 5.82 Å². The lowest BCUT2D eigenvalue weighted by atomic mass is 9.93. The highest BCUT2D eigenvalue weighted by atomic mass is 28.4. The summed E-state index contributed by atoms with van der Waals surface area (Å²) in [4.78, 5) is 4.32. The molecular weight excluding hydrogens is 412 g/mol. The first-order chi connectivity index (χ1) is 14.3. The van der Waals surface area contributed by atoms with Crippen molar-refractivity contribution in [3.05, 3.63) is 24.2 Å². The smallest absolute Gasteiger partial charge is 0.192 e. The predicted molar refractivity (Wildman–Crippen MR) is 122 cm³/mol. The van der Waals surface area contributed by atoms with Crippen molar-refractivity contribution in [1.82, 2.24) is 14.6 Å². The van der Waals surface area contributed by atoms with Gasteiger partial charge >= 0.3 is 0 Å². The average molecular weight is 449 g/mol. The maximum atomic E-state index is 6.69. The molecule has 0 bridgehead atoms. The number of hydrogen-bond donors (Lipinski definition) is 1. The third-order valence-electron chi connectivity index (χ3n) is 7.05. The van der Waals surface area contributed by atoms with Gasteiger partial charge in [0.05, 0.1) is 12.3 Å². The van der Waals surface area contributed by atoms with Gasteiger partial charge < -0.3 is 24.0 Å². The number of nitrogens with one attached hydrogen (secondary N) is 1. The number of ether oxygens (including phenoxy) is 3. The van der Waals surface area contributed by atoms with Crippen LogP contribution in [0, 0.1) is 0 Å². The molecule has 2 aliphatic rings. The average Bonchev–Trinajstić information content (AvgIpc) is 3.31. The molecule has 0 aromatic carbocycles. The SMILES string of the molecule is CNc1ncnn2c([C@]3(C)O[C@H](CO[Si](C)(C)C(C)(C)C)[C@H]4OC(C)(C)O[C@H]43)ccc12. The van der Waals surface area contributed by atoms with Crippen molar-refractivity contribution in [2.75, 3.05) is 19.0 Å². The van der Waals surface area contributed by atoms with Gasteiger partial charge in [0.15, 0.2) is 19.9 Å². The van der Waals surface area contributed by atoms with Crippen LogP contribution in [0.1, 0.15) is 47.2 Å². The quantitative estimate of drug-likeness (QED) is 0.694. The molecule has 4 rings (SSSR count). The molecule has 0 unspecified atom stereocenters. The lowest BCUT2D eigenvalue weighted by Gasteiger charge is -2.37. The van der Waals surface area contributed by atoms with Crippen molar-refractivity contribution in [3.8, 4) is 0 Å². The summed E-state index contributed by atoms with van der Waals surface area (Å²) in [5.74, 6) is 0.0782. The molecule has 2 aromatic heterocycles. The van der Waals surface area contributed by atoms with E-state index in [1.807, 2.05) is 37.5 Å². The Balaban J connectivity index is 1.69. The van der Waals surface area contributed by atoms with Crippen molar-refractivity contribution in [1.29, 1.82) is 0 Å². The van der Waals surface area contributed by atoms with Crippen molar-refractivity contribution >= 4 is 19.7 Å². The summed E-state index contributed by atoms with van der Waals surface area (Å²) < 4.78 is 27.8. The number of nitrogens with zero attached hydrogens (tertiary/aromatic N) is 3. The standard InChI is InChI=1S/C22H36N4O4Si/c1-20(2,3)31(8,9)27-12-15-17-18(30-21(4,5)29-17)22(6,28-15)16-11-10-14-19(23-7)24-13-25-26(14)16/h10-11,13,15,17-18H,12H2,1-9H3,(H,23,24,25)/t15-,17-,18-,22+/m1/s1. The van der Waals surface area contributed by atoms with Gasteiger partial charge in [0.25, 0.3) is 0 Å². The monoisotopic (exact) mass is 448 g/mol. The summed E-state index contributed by atoms with van der Waals surface area (Å²) in [6.07, 6.45) is 0.816. The van der Waals surface area contributed by atoms with Gasteiger partial charge in [0.2, 0.25) is 0 Å². The highest BCUT2D eigenvalue weighted by Gasteiger charge is 2.62. The van der Waals surface area contributed by atoms with Gasteiger partial charge in [-0.1, -0.05) is 20.8 Å². The van der Waals surface area contributed by atoms with E-state index in [0.29, 0.717) is 6.61 Å². The van der Waals surface area contributed by atoms with Gasteiger partial charge in [-0.25, -0.2) is 9.50 Å². The Bertz CT molecular complexity index is 970. The lowest BCUT2D eigenvalue weighted by molar-refractivity contribution is -0.212. The van der Waals surface area contributed by atoms with E-state index in [1.54, 1.807) is 6.33 Å². The first-order valence-corrected chi connectivity index (χ1v) is 13.9. The molecule has 2 saturated heterocycles. The van der Waals surface area contributed by atoms with Crippen LogP contribution >= 0.6 is 0 Å². The minimum Gasteiger partial charge on any atom is -0.414 e. The van der Waals surface area contributed by atoms with E-state index in [9.17, 15) is 0 Å². The van der Waals surface area contributed by atoms with Gasteiger partial charge in [-0.2, -0.15) is 5.10 Å². The zero-order chi connectivity index (χ0) is 22.8. The van der Waals surface area contributed by atoms with Crippen LogP contribution in [0.2, 0.25) is 18.1 Å². The summed E-state index contributed by atoms with van der Waals surface area (Å²) in [5.41, 5.74) is 1.05. The fraction of sp³-hybridized carbons (Fsp3) is 0.727. The first-order valence-electron chi connectivity index (χ1n) is 11.0. The highest BCUT2D eigenvalue weighted by Crippen LogP contribution is 2.49. The second kappa shape index (κ2) is 7.24. The topological polar surface area (TPSA) is 79.1 Å². The van der Waals surface area contributed by atoms with E-state index in [4.69, 9.17) is 18.6 Å². The molecule has 0 spiro atoms. The first kappa shape index (κ1) is 22.7. The zero-order valence-corrected chi connectivity index (χ0v) is 21.1. The minimum atomic E-state index is -1.93. The third-order valence-corrected chi connectivity index (χ3v) is 11.5. The minimum absolute atomic E-state index is 0.124. The highest BCUT2D eigenvalue weighted by molar-refractivity contribution is 6.74. The maximum absolute atomic E-state index is 6.69. The van der Waals surface area contributed by atoms with Crippen LogP contribution in [0.5, 0.6) is 0 Å². The number of anilines is 1. The van der Waals surface area contributed by atoms with Crippen molar-refractivity contribution in [2.45, 2.75) is 89.4 Å². The van der Waals surface area contributed by atoms with E-state index in [0.717, 1.165) is 17.0 Å². The van der Waals surface area contributed by atoms with Crippen LogP contribution in [-0.4, -0.2) is 60.7 Å². The zero-order valence-electron chi connectivity index (χ0n) is 20.1. The molecule has 4 atom stereocenters. The second-order valence-electron chi connectivity index (χ2n) is 10.7. The lowest BCUT2D eigenvalue weighted by Crippen LogP contribution is -2.44. The van der Waals surface area contributed by atoms with E-state index in [1.165, 1.54) is 0 Å². The van der Waals surface area contributed by atoms with Gasteiger partial charge in [-0.15, -0.1) is 0 Å². The van der Waals surface area contributed by atoms with E-state index >= 15 is 0 Å². The summed E-state index contributed by atoms with van der Waals surface area (Å²) in [6.45, 7) is 17.7. The van der Waals surface area contributed by atoms with Crippen molar-refractivity contribution in [3.63, 3.8) is 0 Å². The van der Waals surface area contributed by atoms with Crippen LogP contribution in [0.15, 0.2) is 18.5 Å². The Labute approximate surface area is 185 Å². The summed E-state index contributed by atoms with van der Waals surface area (Å²) in [6, 6.07) is 4.04. The van der Waals surface area contributed by atoms with Gasteiger partial charge in [-0.05, 0) is 51.0 Å². The third kappa shape index (κ3) is 3.70. The normalized spacial score (nSPS) is 30.7. The molecule has 2 fully saturated rings. The largest absolute Gasteiger partial charge is 0.414 e. The van der Waals surface area contributed by atoms with E-state index in [-0.39, 0.29) is 23.4 Å². The molecule has 4 heterocycles. The number of hydrogen-bond acceptors (Lipinski definition) is 7. The predicted octanol–water partition coefficient (Wildman–Crippen LogP) is 3.93. The van der Waals surface area contributed by atoms with E-state index in [2.05, 4.69) is 56.2 Å². The van der Waals surface area contributed by atoms with Gasteiger partial charge in [0.1, 0.15) is 35.8 Å². The Morgan fingerprint density at radius 3 is 2.52 bits per heavy atom. The molecule has 1 N–H and O–H groups in total. The molecule has 2 aromatic rings. The Kier molecular flexibility index (Phi) is 5.30. The van der Waals surface area contributed by atoms with Gasteiger partial charge in [-0.3, -0.25) is 0 Å². The number of fused-ring (bicyclic) bond motifs is 2. The Morgan fingerprint density at radius 1 is 1.16 bits per heavy atom. The molecule has 0 radical (unpaired) electrons. The van der Waals surface area contributed by atoms with Crippen LogP contribution in [-0.2, 0) is 24.2 Å². The molecule has 9 heteroatoms. The molecule has 8 nitrogen and oxygen atoms in total. The molecule has 172 valence electrons. The summed E-state index contributed by atoms with van der Waals surface area (Å²) in [7, 11) is -0.0805. The number of rotatable bonds is 5. The van der Waals surface area contributed by atoms with Crippen LogP contribution < -0.4 is 5.32 Å². The number of aromatic nitrogens is 3. The Morgan fingerprint density at radius 2 is 1.87 bits per heavy atom. The molecule has 0 saturated carbocycles. The summed E-state index contributed by atoms with van der Waals surface area (Å²) >= 11 is 0. The molecule has 31 heavy (non-hydrogen) atoms. The molecule has 0 amide bonds. The molecular formula is C22H36N4O4Si. The summed E-state index contributed by atoms with van der Waals surface area (Å²) in [5, 5.41) is 7.74. The fourth-order valence-corrected chi connectivity index (χ4v) is 5.29. The second-order valence-corrected chi connectivity index (χ2v) is 15.5. The maximum Gasteiger partial charge on any atom is 0.192 e. The van der Waals surface area contributed by atoms with Gasteiger partial charge in [0, 0.05) is 7.05 Å². The molecule has 2 aliphatic heterocycles. The van der Waals surface area contributed by atoms with Crippen LogP contribution in [0.3, 0.4) is 0 Å².